The van der Waals surface area contributed by atoms with Crippen molar-refractivity contribution in [2.45, 2.75) is 62.9 Å². The van der Waals surface area contributed by atoms with Gasteiger partial charge in [0.05, 0.1) is 10.9 Å². The minimum Gasteiger partial charge on any atom is -0.352 e. The molecule has 1 heterocycles. The average molecular weight is 421 g/mol. The lowest BCUT2D eigenvalue weighted by Gasteiger charge is -2.17. The van der Waals surface area contributed by atoms with Crippen molar-refractivity contribution in [2.24, 2.45) is 0 Å². The Kier molecular flexibility index (Phi) is 6.23. The zero-order valence-corrected chi connectivity index (χ0v) is 18.6. The molecule has 1 aromatic heterocycles. The number of aromatic nitrogens is 3. The smallest absolute Gasteiger partial charge is 0.233 e. The molecule has 2 aromatic carbocycles. The first-order valence-electron chi connectivity index (χ1n) is 10.6. The summed E-state index contributed by atoms with van der Waals surface area (Å²) in [5.74, 6) is 0.854. The maximum Gasteiger partial charge on any atom is 0.233 e. The van der Waals surface area contributed by atoms with Gasteiger partial charge in [-0.25, -0.2) is 0 Å². The van der Waals surface area contributed by atoms with Gasteiger partial charge in [0.1, 0.15) is 0 Å². The van der Waals surface area contributed by atoms with E-state index in [0.717, 1.165) is 35.1 Å². The van der Waals surface area contributed by atoms with E-state index >= 15 is 0 Å². The van der Waals surface area contributed by atoms with Gasteiger partial charge in [-0.2, -0.15) is 0 Å². The Morgan fingerprint density at radius 3 is 2.50 bits per heavy atom. The van der Waals surface area contributed by atoms with Crippen LogP contribution in [0.3, 0.4) is 0 Å². The molecule has 30 heavy (non-hydrogen) atoms. The minimum atomic E-state index is -0.247. The van der Waals surface area contributed by atoms with Crippen molar-refractivity contribution >= 4 is 17.7 Å². The number of nitrogens with zero attached hydrogens (tertiary/aromatic N) is 3. The van der Waals surface area contributed by atoms with E-state index in [-0.39, 0.29) is 11.2 Å². The first-order valence-corrected chi connectivity index (χ1v) is 11.5. The Bertz CT molecular complexity index is 1020. The Hall–Kier alpha value is -2.60. The first kappa shape index (κ1) is 20.7. The summed E-state index contributed by atoms with van der Waals surface area (Å²) in [5.41, 5.74) is 4.46. The molecule has 1 unspecified atom stereocenters. The van der Waals surface area contributed by atoms with Gasteiger partial charge in [0, 0.05) is 11.6 Å². The van der Waals surface area contributed by atoms with E-state index in [0.29, 0.717) is 6.04 Å². The van der Waals surface area contributed by atoms with Gasteiger partial charge in [-0.1, -0.05) is 61.0 Å². The summed E-state index contributed by atoms with van der Waals surface area (Å²) in [7, 11) is 0. The van der Waals surface area contributed by atoms with Gasteiger partial charge < -0.3 is 5.32 Å². The molecule has 0 bridgehead atoms. The lowest BCUT2D eigenvalue weighted by molar-refractivity contribution is -0.120. The highest BCUT2D eigenvalue weighted by Gasteiger charge is 2.24. The molecule has 0 saturated heterocycles. The Morgan fingerprint density at radius 1 is 1.07 bits per heavy atom. The monoisotopic (exact) mass is 420 g/mol. The van der Waals surface area contributed by atoms with Crippen LogP contribution in [-0.2, 0) is 4.79 Å². The van der Waals surface area contributed by atoms with E-state index in [1.165, 1.54) is 35.7 Å². The molecule has 4 rings (SSSR count). The molecule has 1 fully saturated rings. The van der Waals surface area contributed by atoms with E-state index in [2.05, 4.69) is 52.1 Å². The molecular formula is C24H28N4OS. The van der Waals surface area contributed by atoms with Crippen molar-refractivity contribution in [1.29, 1.82) is 0 Å². The molecule has 0 radical (unpaired) electrons. The third kappa shape index (κ3) is 4.43. The molecule has 0 spiro atoms. The molecule has 0 aliphatic heterocycles. The van der Waals surface area contributed by atoms with Crippen LogP contribution >= 0.6 is 11.8 Å². The third-order valence-corrected chi connectivity index (χ3v) is 6.81. The molecule has 3 aromatic rings. The molecule has 5 nitrogen and oxygen atoms in total. The van der Waals surface area contributed by atoms with Gasteiger partial charge >= 0.3 is 0 Å². The standard InChI is InChI=1S/C24H28N4OS/c1-16-13-14-21(15-17(16)2)28-22(19-9-5-4-6-10-19)26-27-24(28)30-18(3)23(29)25-20-11-7-8-12-20/h4-6,9-10,13-15,18,20H,7-8,11-12H2,1-3H3,(H,25,29). The number of rotatable bonds is 6. The van der Waals surface area contributed by atoms with Gasteiger partial charge in [-0.3, -0.25) is 9.36 Å². The van der Waals surface area contributed by atoms with Crippen LogP contribution in [0.2, 0.25) is 0 Å². The molecule has 156 valence electrons. The van der Waals surface area contributed by atoms with Crippen LogP contribution in [0.4, 0.5) is 0 Å². The van der Waals surface area contributed by atoms with E-state index in [1.807, 2.05) is 37.3 Å². The fourth-order valence-electron chi connectivity index (χ4n) is 3.82. The topological polar surface area (TPSA) is 59.8 Å². The number of hydrogen-bond donors (Lipinski definition) is 1. The predicted molar refractivity (Wildman–Crippen MR) is 122 cm³/mol. The average Bonchev–Trinajstić information content (AvgIpc) is 3.40. The van der Waals surface area contributed by atoms with Gasteiger partial charge in [-0.05, 0) is 56.9 Å². The fourth-order valence-corrected chi connectivity index (χ4v) is 4.69. The number of nitrogens with one attached hydrogen (secondary N) is 1. The molecule has 1 saturated carbocycles. The number of benzene rings is 2. The van der Waals surface area contributed by atoms with Crippen molar-refractivity contribution in [2.75, 3.05) is 0 Å². The first-order chi connectivity index (χ1) is 14.5. The third-order valence-electron chi connectivity index (χ3n) is 5.77. The lowest BCUT2D eigenvalue weighted by Crippen LogP contribution is -2.37. The summed E-state index contributed by atoms with van der Waals surface area (Å²) >= 11 is 1.46. The van der Waals surface area contributed by atoms with Crippen LogP contribution in [0.25, 0.3) is 17.1 Å². The Morgan fingerprint density at radius 2 is 1.80 bits per heavy atom. The van der Waals surface area contributed by atoms with Gasteiger partial charge in [0.2, 0.25) is 5.91 Å². The Balaban J connectivity index is 1.66. The summed E-state index contributed by atoms with van der Waals surface area (Å²) in [4.78, 5) is 12.7. The molecule has 1 atom stereocenters. The highest BCUT2D eigenvalue weighted by atomic mass is 32.2. The minimum absolute atomic E-state index is 0.0720. The number of carbonyl (C=O) groups is 1. The molecule has 1 aliphatic carbocycles. The number of aryl methyl sites for hydroxylation is 2. The predicted octanol–water partition coefficient (Wildman–Crippen LogP) is 5.09. The largest absolute Gasteiger partial charge is 0.352 e. The van der Waals surface area contributed by atoms with E-state index in [1.54, 1.807) is 0 Å². The van der Waals surface area contributed by atoms with Gasteiger partial charge in [0.15, 0.2) is 11.0 Å². The SMILES string of the molecule is Cc1ccc(-n2c(SC(C)C(=O)NC3CCCC3)nnc2-c2ccccc2)cc1C. The summed E-state index contributed by atoms with van der Waals surface area (Å²) in [5, 5.41) is 12.6. The van der Waals surface area contributed by atoms with Crippen molar-refractivity contribution in [3.63, 3.8) is 0 Å². The summed E-state index contributed by atoms with van der Waals surface area (Å²) < 4.78 is 2.06. The highest BCUT2D eigenvalue weighted by molar-refractivity contribution is 8.00. The number of hydrogen-bond acceptors (Lipinski definition) is 4. The molecule has 6 heteroatoms. The van der Waals surface area contributed by atoms with Crippen molar-refractivity contribution in [1.82, 2.24) is 20.1 Å². The number of amides is 1. The van der Waals surface area contributed by atoms with Crippen LogP contribution in [-0.4, -0.2) is 32.0 Å². The van der Waals surface area contributed by atoms with Crippen LogP contribution in [0.1, 0.15) is 43.7 Å². The summed E-state index contributed by atoms with van der Waals surface area (Å²) in [6.45, 7) is 6.15. The van der Waals surface area contributed by atoms with Crippen LogP contribution in [0, 0.1) is 13.8 Å². The zero-order chi connectivity index (χ0) is 21.1. The van der Waals surface area contributed by atoms with Crippen LogP contribution < -0.4 is 5.32 Å². The summed E-state index contributed by atoms with van der Waals surface area (Å²) in [6.07, 6.45) is 4.57. The lowest BCUT2D eigenvalue weighted by atomic mass is 10.1. The molecule has 1 amide bonds. The van der Waals surface area contributed by atoms with Crippen LogP contribution in [0.15, 0.2) is 53.7 Å². The second-order valence-corrected chi connectivity index (χ2v) is 9.33. The molecule has 1 aliphatic rings. The Labute approximate surface area is 182 Å². The van der Waals surface area contributed by atoms with E-state index in [4.69, 9.17) is 0 Å². The molecule has 1 N–H and O–H groups in total. The quantitative estimate of drug-likeness (QED) is 0.564. The van der Waals surface area contributed by atoms with Gasteiger partial charge in [-0.15, -0.1) is 10.2 Å². The summed E-state index contributed by atoms with van der Waals surface area (Å²) in [6, 6.07) is 16.7. The maximum atomic E-state index is 12.7. The van der Waals surface area contributed by atoms with Crippen LogP contribution in [0.5, 0.6) is 0 Å². The highest BCUT2D eigenvalue weighted by Crippen LogP contribution is 2.31. The normalized spacial score (nSPS) is 15.3. The van der Waals surface area contributed by atoms with Crippen molar-refractivity contribution < 1.29 is 4.79 Å². The second kappa shape index (κ2) is 9.04. The second-order valence-electron chi connectivity index (χ2n) is 8.03. The number of carbonyl (C=O) groups excluding carboxylic acids is 1. The van der Waals surface area contributed by atoms with Crippen molar-refractivity contribution in [3.8, 4) is 17.1 Å². The number of thioether (sulfide) groups is 1. The fraction of sp³-hybridized carbons (Fsp3) is 0.375. The molecular weight excluding hydrogens is 392 g/mol. The maximum absolute atomic E-state index is 12.7. The van der Waals surface area contributed by atoms with Gasteiger partial charge in [0.25, 0.3) is 0 Å². The van der Waals surface area contributed by atoms with Crippen molar-refractivity contribution in [3.05, 3.63) is 59.7 Å². The zero-order valence-electron chi connectivity index (χ0n) is 17.8. The van der Waals surface area contributed by atoms with E-state index < -0.39 is 0 Å². The van der Waals surface area contributed by atoms with E-state index in [9.17, 15) is 4.79 Å².